The number of nitrogens with two attached hydrogens (primary N) is 1. The molecular weight excluding hydrogens is 366 g/mol. The molecule has 3 heterocycles. The van der Waals surface area contributed by atoms with Gasteiger partial charge in [-0.15, -0.1) is 0 Å². The van der Waals surface area contributed by atoms with Gasteiger partial charge in [0, 0.05) is 31.0 Å². The highest BCUT2D eigenvalue weighted by atomic mass is 16.5. The number of fused-ring (bicyclic) bond motifs is 1. The van der Waals surface area contributed by atoms with E-state index >= 15 is 0 Å². The number of anilines is 1. The largest absolute Gasteiger partial charge is 0.397 e. The van der Waals surface area contributed by atoms with Gasteiger partial charge in [-0.3, -0.25) is 14.5 Å². The number of benzene rings is 1. The van der Waals surface area contributed by atoms with Gasteiger partial charge in [0.2, 0.25) is 5.91 Å². The summed E-state index contributed by atoms with van der Waals surface area (Å²) in [5, 5.41) is 4.55. The summed E-state index contributed by atoms with van der Waals surface area (Å²) < 4.78 is 6.96. The second kappa shape index (κ2) is 8.05. The normalized spacial score (nSPS) is 13.0. The van der Waals surface area contributed by atoms with Crippen molar-refractivity contribution < 1.29 is 9.53 Å². The molecule has 1 amide bonds. The van der Waals surface area contributed by atoms with Crippen LogP contribution in [0, 0.1) is 6.92 Å². The first kappa shape index (κ1) is 19.1. The lowest BCUT2D eigenvalue weighted by Crippen LogP contribution is -2.28. The van der Waals surface area contributed by atoms with Crippen LogP contribution in [-0.2, 0) is 35.6 Å². The molecule has 1 aliphatic rings. The zero-order valence-electron chi connectivity index (χ0n) is 16.8. The highest BCUT2D eigenvalue weighted by molar-refractivity contribution is 5.81. The lowest BCUT2D eigenvalue weighted by Gasteiger charge is -2.17. The number of hydrogen-bond acceptors (Lipinski definition) is 5. The van der Waals surface area contributed by atoms with Crippen molar-refractivity contribution in [3.63, 3.8) is 0 Å². The number of nitrogens with zero attached hydrogens (tertiary/aromatic N) is 4. The van der Waals surface area contributed by atoms with E-state index in [0.29, 0.717) is 37.6 Å². The SMILES string of the molecule is COCCn1cc2c(n1)CN(C(=O)Cc1nc(-c3ccccc3C)ccc1N)C2. The van der Waals surface area contributed by atoms with Gasteiger partial charge in [0.25, 0.3) is 0 Å². The molecule has 0 fully saturated rings. The molecule has 0 bridgehead atoms. The van der Waals surface area contributed by atoms with Crippen LogP contribution in [0.5, 0.6) is 0 Å². The summed E-state index contributed by atoms with van der Waals surface area (Å²) >= 11 is 0. The minimum absolute atomic E-state index is 0.00701. The van der Waals surface area contributed by atoms with Crippen molar-refractivity contribution in [3.8, 4) is 11.3 Å². The van der Waals surface area contributed by atoms with Crippen molar-refractivity contribution in [2.45, 2.75) is 33.0 Å². The molecule has 1 aliphatic heterocycles. The van der Waals surface area contributed by atoms with Crippen molar-refractivity contribution in [2.24, 2.45) is 0 Å². The minimum Gasteiger partial charge on any atom is -0.397 e. The Hall–Kier alpha value is -3.19. The Kier molecular flexibility index (Phi) is 5.31. The van der Waals surface area contributed by atoms with Crippen molar-refractivity contribution in [1.29, 1.82) is 0 Å². The van der Waals surface area contributed by atoms with Crippen LogP contribution in [0.4, 0.5) is 5.69 Å². The standard InChI is InChI=1S/C22H25N5O2/c1-15-5-3-4-6-17(15)19-8-7-18(23)20(24-19)11-22(28)26-12-16-13-27(9-10-29-2)25-21(16)14-26/h3-8,13H,9-12,14,23H2,1-2H3. The Morgan fingerprint density at radius 2 is 2.03 bits per heavy atom. The van der Waals surface area contributed by atoms with Gasteiger partial charge in [-0.05, 0) is 24.6 Å². The van der Waals surface area contributed by atoms with Crippen LogP contribution in [0.1, 0.15) is 22.5 Å². The Labute approximate surface area is 170 Å². The molecule has 0 aliphatic carbocycles. The van der Waals surface area contributed by atoms with Gasteiger partial charge in [0.1, 0.15) is 0 Å². The van der Waals surface area contributed by atoms with Gasteiger partial charge in [-0.2, -0.15) is 5.10 Å². The van der Waals surface area contributed by atoms with E-state index in [-0.39, 0.29) is 12.3 Å². The van der Waals surface area contributed by atoms with Gasteiger partial charge in [-0.1, -0.05) is 24.3 Å². The highest BCUT2D eigenvalue weighted by Gasteiger charge is 2.27. The van der Waals surface area contributed by atoms with Gasteiger partial charge in [0.05, 0.1) is 48.9 Å². The Balaban J connectivity index is 1.47. The number of pyridine rings is 1. The number of rotatable bonds is 6. The van der Waals surface area contributed by atoms with E-state index in [0.717, 1.165) is 28.1 Å². The summed E-state index contributed by atoms with van der Waals surface area (Å²) in [4.78, 5) is 19.4. The number of ether oxygens (including phenoxy) is 1. The maximum absolute atomic E-state index is 12.9. The molecule has 1 aromatic carbocycles. The number of amides is 1. The molecule has 7 nitrogen and oxygen atoms in total. The van der Waals surface area contributed by atoms with E-state index < -0.39 is 0 Å². The molecule has 0 radical (unpaired) electrons. The van der Waals surface area contributed by atoms with Gasteiger partial charge >= 0.3 is 0 Å². The third-order valence-corrected chi connectivity index (χ3v) is 5.25. The summed E-state index contributed by atoms with van der Waals surface area (Å²) in [7, 11) is 1.67. The lowest BCUT2D eigenvalue weighted by atomic mass is 10.0. The second-order valence-corrected chi connectivity index (χ2v) is 7.33. The van der Waals surface area contributed by atoms with E-state index in [4.69, 9.17) is 15.5 Å². The summed E-state index contributed by atoms with van der Waals surface area (Å²) in [6.45, 7) is 4.46. The number of carbonyl (C=O) groups is 1. The topological polar surface area (TPSA) is 86.3 Å². The van der Waals surface area contributed by atoms with Crippen LogP contribution < -0.4 is 5.73 Å². The maximum atomic E-state index is 12.9. The molecule has 0 saturated carbocycles. The third kappa shape index (κ3) is 4.00. The zero-order valence-corrected chi connectivity index (χ0v) is 16.8. The van der Waals surface area contributed by atoms with Crippen LogP contribution in [-0.4, -0.2) is 39.3 Å². The average molecular weight is 391 g/mol. The van der Waals surface area contributed by atoms with E-state index in [9.17, 15) is 4.79 Å². The van der Waals surface area contributed by atoms with Crippen molar-refractivity contribution in [1.82, 2.24) is 19.7 Å². The van der Waals surface area contributed by atoms with Crippen molar-refractivity contribution in [2.75, 3.05) is 19.5 Å². The number of nitrogen functional groups attached to an aromatic ring is 1. The summed E-state index contributed by atoms with van der Waals surface area (Å²) in [6.07, 6.45) is 2.17. The molecule has 7 heteroatoms. The molecular formula is C22H25N5O2. The molecule has 0 saturated heterocycles. The molecule has 0 spiro atoms. The van der Waals surface area contributed by atoms with Crippen LogP contribution in [0.15, 0.2) is 42.6 Å². The molecule has 0 atom stereocenters. The summed E-state index contributed by atoms with van der Waals surface area (Å²) in [5.41, 5.74) is 12.3. The molecule has 150 valence electrons. The van der Waals surface area contributed by atoms with Crippen LogP contribution >= 0.6 is 0 Å². The lowest BCUT2D eigenvalue weighted by molar-refractivity contribution is -0.131. The molecule has 4 rings (SSSR count). The number of aryl methyl sites for hydroxylation is 1. The van der Waals surface area contributed by atoms with Crippen LogP contribution in [0.25, 0.3) is 11.3 Å². The third-order valence-electron chi connectivity index (χ3n) is 5.25. The van der Waals surface area contributed by atoms with E-state index in [1.165, 1.54) is 0 Å². The van der Waals surface area contributed by atoms with Crippen LogP contribution in [0.3, 0.4) is 0 Å². The molecule has 29 heavy (non-hydrogen) atoms. The number of carbonyl (C=O) groups excluding carboxylic acids is 1. The smallest absolute Gasteiger partial charge is 0.229 e. The Morgan fingerprint density at radius 3 is 2.79 bits per heavy atom. The molecule has 3 aromatic rings. The predicted octanol–water partition coefficient (Wildman–Crippen LogP) is 2.57. The first-order chi connectivity index (χ1) is 14.0. The summed E-state index contributed by atoms with van der Waals surface area (Å²) in [5.74, 6) is 0.00701. The monoisotopic (exact) mass is 391 g/mol. The number of methoxy groups -OCH3 is 1. The van der Waals surface area contributed by atoms with E-state index in [1.807, 2.05) is 54.2 Å². The fraction of sp³-hybridized carbons (Fsp3) is 0.318. The quantitative estimate of drug-likeness (QED) is 0.698. The molecule has 0 unspecified atom stereocenters. The van der Waals surface area contributed by atoms with Crippen molar-refractivity contribution in [3.05, 3.63) is 65.1 Å². The zero-order chi connectivity index (χ0) is 20.4. The highest BCUT2D eigenvalue weighted by Crippen LogP contribution is 2.25. The van der Waals surface area contributed by atoms with Gasteiger partial charge in [0.15, 0.2) is 0 Å². The van der Waals surface area contributed by atoms with Crippen molar-refractivity contribution >= 4 is 11.6 Å². The second-order valence-electron chi connectivity index (χ2n) is 7.33. The average Bonchev–Trinajstić information content (AvgIpc) is 3.27. The predicted molar refractivity (Wildman–Crippen MR) is 111 cm³/mol. The van der Waals surface area contributed by atoms with E-state index in [1.54, 1.807) is 12.0 Å². The Morgan fingerprint density at radius 1 is 1.21 bits per heavy atom. The molecule has 2 N–H and O–H groups in total. The summed E-state index contributed by atoms with van der Waals surface area (Å²) in [6, 6.07) is 11.8. The van der Waals surface area contributed by atoms with Gasteiger partial charge in [-0.25, -0.2) is 0 Å². The Bertz CT molecular complexity index is 1020. The minimum atomic E-state index is 0.00701. The number of aromatic nitrogens is 3. The molecule has 2 aromatic heterocycles. The van der Waals surface area contributed by atoms with Gasteiger partial charge < -0.3 is 15.4 Å². The van der Waals surface area contributed by atoms with E-state index in [2.05, 4.69) is 5.10 Å². The van der Waals surface area contributed by atoms with Crippen LogP contribution in [0.2, 0.25) is 0 Å². The fourth-order valence-corrected chi connectivity index (χ4v) is 3.60. The number of hydrogen-bond donors (Lipinski definition) is 1. The fourth-order valence-electron chi connectivity index (χ4n) is 3.60. The first-order valence-corrected chi connectivity index (χ1v) is 9.68. The maximum Gasteiger partial charge on any atom is 0.229 e. The first-order valence-electron chi connectivity index (χ1n) is 9.68.